The molecule has 23 heavy (non-hydrogen) atoms. The Morgan fingerprint density at radius 1 is 1.22 bits per heavy atom. The normalized spacial score (nSPS) is 11.6. The number of rotatable bonds is 2. The number of hydrogen-bond acceptors (Lipinski definition) is 3. The monoisotopic (exact) mass is 392 g/mol. The molecule has 116 valence electrons. The molecule has 1 aromatic heterocycles. The molecule has 0 aliphatic rings. The first-order valence-electron chi connectivity index (χ1n) is 6.57. The summed E-state index contributed by atoms with van der Waals surface area (Å²) in [5.41, 5.74) is 1.10. The molecule has 0 amide bonds. The Morgan fingerprint density at radius 2 is 1.87 bits per heavy atom. The van der Waals surface area contributed by atoms with Gasteiger partial charge in [-0.2, -0.15) is 5.26 Å². The van der Waals surface area contributed by atoms with Gasteiger partial charge in [-0.15, -0.1) is 0 Å². The van der Waals surface area contributed by atoms with Gasteiger partial charge in [0.25, 0.3) is 10.0 Å². The van der Waals surface area contributed by atoms with Crippen LogP contribution >= 0.6 is 15.9 Å². The minimum absolute atomic E-state index is 0.0259. The second-order valence-electron chi connectivity index (χ2n) is 5.03. The van der Waals surface area contributed by atoms with Gasteiger partial charge in [0, 0.05) is 11.6 Å². The standard InChI is InChI=1S/C16H10BrFN2O2S/c1-10-2-4-12(5-3-10)23(21,22)20-7-6-13-14(20)8-11(9-19)15(17)16(13)18/h2-8H,1H3. The Balaban J connectivity index is 2.31. The third-order valence-corrected chi connectivity index (χ3v) is 6.01. The second kappa shape index (κ2) is 5.48. The van der Waals surface area contributed by atoms with Crippen LogP contribution in [0.5, 0.6) is 0 Å². The topological polar surface area (TPSA) is 62.9 Å². The van der Waals surface area contributed by atoms with Gasteiger partial charge in [0.1, 0.15) is 11.9 Å². The average molecular weight is 393 g/mol. The van der Waals surface area contributed by atoms with Gasteiger partial charge in [-0.3, -0.25) is 0 Å². The van der Waals surface area contributed by atoms with Crippen LogP contribution in [-0.2, 0) is 10.0 Å². The summed E-state index contributed by atoms with van der Waals surface area (Å²) in [7, 11) is -3.87. The molecule has 0 spiro atoms. The van der Waals surface area contributed by atoms with Gasteiger partial charge in [0.2, 0.25) is 0 Å². The van der Waals surface area contributed by atoms with Crippen LogP contribution in [0.3, 0.4) is 0 Å². The van der Waals surface area contributed by atoms with E-state index in [0.29, 0.717) is 0 Å². The smallest absolute Gasteiger partial charge is 0.241 e. The zero-order valence-corrected chi connectivity index (χ0v) is 14.3. The molecule has 0 aliphatic heterocycles. The molecular weight excluding hydrogens is 383 g/mol. The van der Waals surface area contributed by atoms with E-state index in [0.717, 1.165) is 9.54 Å². The SMILES string of the molecule is Cc1ccc(S(=O)(=O)n2ccc3c(F)c(Br)c(C#N)cc32)cc1. The third-order valence-electron chi connectivity index (χ3n) is 3.53. The summed E-state index contributed by atoms with van der Waals surface area (Å²) < 4.78 is 40.8. The summed E-state index contributed by atoms with van der Waals surface area (Å²) in [5, 5.41) is 9.21. The molecule has 0 bridgehead atoms. The molecule has 2 aromatic carbocycles. The molecule has 0 radical (unpaired) electrons. The quantitative estimate of drug-likeness (QED) is 0.662. The number of benzene rings is 2. The Kier molecular flexibility index (Phi) is 3.74. The number of nitriles is 1. The van der Waals surface area contributed by atoms with Crippen molar-refractivity contribution in [3.63, 3.8) is 0 Å². The van der Waals surface area contributed by atoms with Crippen LogP contribution in [0.25, 0.3) is 10.9 Å². The fourth-order valence-corrected chi connectivity index (χ4v) is 4.06. The molecular formula is C16H10BrFN2O2S. The van der Waals surface area contributed by atoms with E-state index in [9.17, 15) is 12.8 Å². The maximum atomic E-state index is 14.3. The summed E-state index contributed by atoms with van der Waals surface area (Å²) in [4.78, 5) is 0.0995. The summed E-state index contributed by atoms with van der Waals surface area (Å²) in [6.07, 6.45) is 1.29. The molecule has 3 aromatic rings. The first-order valence-corrected chi connectivity index (χ1v) is 8.81. The van der Waals surface area contributed by atoms with Gasteiger partial charge in [-0.25, -0.2) is 16.8 Å². The summed E-state index contributed by atoms with van der Waals surface area (Å²) in [5.74, 6) is -0.656. The van der Waals surface area contributed by atoms with Crippen LogP contribution in [0.1, 0.15) is 11.1 Å². The van der Waals surface area contributed by atoms with Crippen molar-refractivity contribution in [2.24, 2.45) is 0 Å². The van der Waals surface area contributed by atoms with Crippen molar-refractivity contribution >= 4 is 36.9 Å². The van der Waals surface area contributed by atoms with Crippen LogP contribution in [0.4, 0.5) is 4.39 Å². The van der Waals surface area contributed by atoms with Gasteiger partial charge in [-0.05, 0) is 47.1 Å². The maximum Gasteiger partial charge on any atom is 0.268 e. The number of halogens is 2. The lowest BCUT2D eigenvalue weighted by atomic mass is 10.2. The molecule has 0 fully saturated rings. The minimum atomic E-state index is -3.87. The Morgan fingerprint density at radius 3 is 2.48 bits per heavy atom. The predicted molar refractivity (Wildman–Crippen MR) is 88.1 cm³/mol. The van der Waals surface area contributed by atoms with Crippen molar-refractivity contribution in [1.82, 2.24) is 3.97 Å². The van der Waals surface area contributed by atoms with E-state index in [4.69, 9.17) is 5.26 Å². The predicted octanol–water partition coefficient (Wildman–Crippen LogP) is 3.96. The third kappa shape index (κ3) is 2.44. The van der Waals surface area contributed by atoms with Gasteiger partial charge in [0.15, 0.2) is 0 Å². The first kappa shape index (κ1) is 15.7. The van der Waals surface area contributed by atoms with Crippen molar-refractivity contribution in [2.75, 3.05) is 0 Å². The summed E-state index contributed by atoms with van der Waals surface area (Å²) >= 11 is 3.02. The molecule has 7 heteroatoms. The lowest BCUT2D eigenvalue weighted by Gasteiger charge is -2.09. The highest BCUT2D eigenvalue weighted by Crippen LogP contribution is 2.31. The van der Waals surface area contributed by atoms with Crippen molar-refractivity contribution in [3.8, 4) is 6.07 Å². The number of aromatic nitrogens is 1. The Hall–Kier alpha value is -2.17. The highest BCUT2D eigenvalue weighted by molar-refractivity contribution is 9.10. The van der Waals surface area contributed by atoms with Gasteiger partial charge in [-0.1, -0.05) is 17.7 Å². The zero-order valence-electron chi connectivity index (χ0n) is 11.9. The van der Waals surface area contributed by atoms with E-state index in [2.05, 4.69) is 15.9 Å². The van der Waals surface area contributed by atoms with Crippen LogP contribution in [0.2, 0.25) is 0 Å². The Bertz CT molecular complexity index is 1060. The average Bonchev–Trinajstić information content (AvgIpc) is 2.96. The van der Waals surface area contributed by atoms with E-state index < -0.39 is 15.8 Å². The maximum absolute atomic E-state index is 14.3. The molecule has 0 unspecified atom stereocenters. The van der Waals surface area contributed by atoms with Crippen molar-refractivity contribution in [3.05, 3.63) is 64.0 Å². The fraction of sp³-hybridized carbons (Fsp3) is 0.0625. The van der Waals surface area contributed by atoms with E-state index in [1.54, 1.807) is 12.1 Å². The van der Waals surface area contributed by atoms with Crippen LogP contribution in [0.15, 0.2) is 52.0 Å². The number of fused-ring (bicyclic) bond motifs is 1. The minimum Gasteiger partial charge on any atom is -0.241 e. The van der Waals surface area contributed by atoms with Crippen LogP contribution in [0, 0.1) is 24.1 Å². The Labute approximate surface area is 141 Å². The van der Waals surface area contributed by atoms with Gasteiger partial charge < -0.3 is 0 Å². The molecule has 4 nitrogen and oxygen atoms in total. The number of nitrogens with zero attached hydrogens (tertiary/aromatic N) is 2. The van der Waals surface area contributed by atoms with E-state index >= 15 is 0 Å². The lowest BCUT2D eigenvalue weighted by Crippen LogP contribution is -2.12. The van der Waals surface area contributed by atoms with Crippen molar-refractivity contribution in [2.45, 2.75) is 11.8 Å². The molecule has 0 N–H and O–H groups in total. The van der Waals surface area contributed by atoms with Crippen LogP contribution in [-0.4, -0.2) is 12.4 Å². The molecule has 3 rings (SSSR count). The van der Waals surface area contributed by atoms with E-state index in [1.807, 2.05) is 13.0 Å². The summed E-state index contributed by atoms with van der Waals surface area (Å²) in [6, 6.07) is 11.0. The molecule has 1 heterocycles. The van der Waals surface area contributed by atoms with Crippen molar-refractivity contribution < 1.29 is 12.8 Å². The lowest BCUT2D eigenvalue weighted by molar-refractivity contribution is 0.589. The van der Waals surface area contributed by atoms with Crippen molar-refractivity contribution in [1.29, 1.82) is 5.26 Å². The highest BCUT2D eigenvalue weighted by Gasteiger charge is 2.22. The van der Waals surface area contributed by atoms with E-state index in [-0.39, 0.29) is 25.8 Å². The van der Waals surface area contributed by atoms with Gasteiger partial charge in [0.05, 0.1) is 20.4 Å². The largest absolute Gasteiger partial charge is 0.268 e. The molecule has 0 saturated heterocycles. The number of aryl methyl sites for hydroxylation is 1. The van der Waals surface area contributed by atoms with Gasteiger partial charge >= 0.3 is 0 Å². The molecule has 0 saturated carbocycles. The number of hydrogen-bond donors (Lipinski definition) is 0. The second-order valence-corrected chi connectivity index (χ2v) is 7.63. The molecule has 0 aliphatic carbocycles. The highest BCUT2D eigenvalue weighted by atomic mass is 79.9. The van der Waals surface area contributed by atoms with E-state index in [1.165, 1.54) is 30.5 Å². The summed E-state index contributed by atoms with van der Waals surface area (Å²) in [6.45, 7) is 1.85. The van der Waals surface area contributed by atoms with Crippen LogP contribution < -0.4 is 0 Å². The fourth-order valence-electron chi connectivity index (χ4n) is 2.30. The first-order chi connectivity index (χ1) is 10.9. The zero-order chi connectivity index (χ0) is 16.8. The molecule has 0 atom stereocenters.